The van der Waals surface area contributed by atoms with Gasteiger partial charge >= 0.3 is 5.97 Å². The molecular formula is C10H13NO5S2. The lowest BCUT2D eigenvalue weighted by atomic mass is 10.3. The van der Waals surface area contributed by atoms with Crippen molar-refractivity contribution in [3.63, 3.8) is 0 Å². The van der Waals surface area contributed by atoms with Gasteiger partial charge in [0.15, 0.2) is 0 Å². The minimum atomic E-state index is -3.80. The number of esters is 1. The maximum atomic E-state index is 11.8. The largest absolute Gasteiger partial charge is 0.456 e. The molecule has 0 bridgehead atoms. The minimum Gasteiger partial charge on any atom is -0.456 e. The highest BCUT2D eigenvalue weighted by atomic mass is 32.2. The van der Waals surface area contributed by atoms with Gasteiger partial charge in [-0.1, -0.05) is 0 Å². The number of rotatable bonds is 3. The fourth-order valence-electron chi connectivity index (χ4n) is 1.66. The van der Waals surface area contributed by atoms with E-state index in [0.29, 0.717) is 24.5 Å². The molecule has 0 radical (unpaired) electrons. The first kappa shape index (κ1) is 13.5. The van der Waals surface area contributed by atoms with Gasteiger partial charge in [-0.2, -0.15) is 0 Å². The van der Waals surface area contributed by atoms with Crippen LogP contribution < -0.4 is 5.14 Å². The summed E-state index contributed by atoms with van der Waals surface area (Å²) in [5, 5.41) is 5.04. The molecule has 100 valence electrons. The van der Waals surface area contributed by atoms with E-state index in [0.717, 1.165) is 11.3 Å². The second-order valence-electron chi connectivity index (χ2n) is 3.97. The third kappa shape index (κ3) is 2.89. The van der Waals surface area contributed by atoms with Crippen molar-refractivity contribution in [3.05, 3.63) is 15.8 Å². The lowest BCUT2D eigenvalue weighted by Crippen LogP contribution is -2.17. The van der Waals surface area contributed by atoms with Gasteiger partial charge < -0.3 is 9.47 Å². The molecule has 2 heterocycles. The fraction of sp³-hybridized carbons (Fsp3) is 0.500. The summed E-state index contributed by atoms with van der Waals surface area (Å²) in [5.74, 6) is -0.534. The van der Waals surface area contributed by atoms with Crippen LogP contribution in [-0.2, 0) is 19.5 Å². The summed E-state index contributed by atoms with van der Waals surface area (Å²) in [5.41, 5.74) is 0. The first-order valence-electron chi connectivity index (χ1n) is 5.30. The van der Waals surface area contributed by atoms with Gasteiger partial charge in [-0.15, -0.1) is 11.3 Å². The standard InChI is InChI=1S/C10H13NO5S2/c1-6-9(18(11,13)14)4-8(17-6)10(12)16-7-2-3-15-5-7/h4,7H,2-3,5H2,1H3,(H2,11,13,14). The van der Waals surface area contributed by atoms with E-state index in [4.69, 9.17) is 14.6 Å². The van der Waals surface area contributed by atoms with Gasteiger partial charge in [-0.3, -0.25) is 0 Å². The number of aryl methyl sites for hydroxylation is 1. The van der Waals surface area contributed by atoms with Crippen LogP contribution in [0.15, 0.2) is 11.0 Å². The van der Waals surface area contributed by atoms with E-state index in [1.54, 1.807) is 6.92 Å². The van der Waals surface area contributed by atoms with Crippen LogP contribution in [0.1, 0.15) is 21.0 Å². The summed E-state index contributed by atoms with van der Waals surface area (Å²) in [7, 11) is -3.80. The molecule has 1 unspecified atom stereocenters. The summed E-state index contributed by atoms with van der Waals surface area (Å²) >= 11 is 1.06. The van der Waals surface area contributed by atoms with Crippen molar-refractivity contribution in [2.75, 3.05) is 13.2 Å². The molecule has 0 spiro atoms. The Morgan fingerprint density at radius 2 is 2.33 bits per heavy atom. The van der Waals surface area contributed by atoms with Crippen molar-refractivity contribution in [2.24, 2.45) is 5.14 Å². The highest BCUT2D eigenvalue weighted by Crippen LogP contribution is 2.26. The first-order valence-corrected chi connectivity index (χ1v) is 7.66. The molecule has 0 aliphatic carbocycles. The van der Waals surface area contributed by atoms with E-state index in [1.807, 2.05) is 0 Å². The second-order valence-corrected chi connectivity index (χ2v) is 6.75. The second kappa shape index (κ2) is 4.96. The maximum absolute atomic E-state index is 11.8. The third-order valence-electron chi connectivity index (χ3n) is 2.54. The Morgan fingerprint density at radius 3 is 2.83 bits per heavy atom. The van der Waals surface area contributed by atoms with Crippen molar-refractivity contribution in [1.82, 2.24) is 0 Å². The Bertz CT molecular complexity index is 557. The summed E-state index contributed by atoms with van der Waals surface area (Å²) in [6.07, 6.45) is 0.413. The Balaban J connectivity index is 2.16. The number of hydrogen-bond donors (Lipinski definition) is 1. The van der Waals surface area contributed by atoms with Gasteiger partial charge in [0.2, 0.25) is 10.0 Å². The van der Waals surface area contributed by atoms with Crippen LogP contribution in [0.5, 0.6) is 0 Å². The van der Waals surface area contributed by atoms with E-state index in [2.05, 4.69) is 0 Å². The van der Waals surface area contributed by atoms with Crippen LogP contribution in [0.2, 0.25) is 0 Å². The normalized spacial score (nSPS) is 20.0. The topological polar surface area (TPSA) is 95.7 Å². The molecular weight excluding hydrogens is 278 g/mol. The number of carbonyl (C=O) groups excluding carboxylic acids is 1. The Labute approximate surface area is 109 Å². The number of carbonyl (C=O) groups is 1. The summed E-state index contributed by atoms with van der Waals surface area (Å²) < 4.78 is 32.8. The monoisotopic (exact) mass is 291 g/mol. The summed E-state index contributed by atoms with van der Waals surface area (Å²) in [6, 6.07) is 1.26. The molecule has 8 heteroatoms. The van der Waals surface area contributed by atoms with E-state index in [9.17, 15) is 13.2 Å². The highest BCUT2D eigenvalue weighted by Gasteiger charge is 2.24. The molecule has 1 aromatic rings. The molecule has 1 fully saturated rings. The van der Waals surface area contributed by atoms with E-state index in [1.165, 1.54) is 6.07 Å². The van der Waals surface area contributed by atoms with Crippen LogP contribution in [0.3, 0.4) is 0 Å². The zero-order valence-corrected chi connectivity index (χ0v) is 11.3. The zero-order chi connectivity index (χ0) is 13.3. The number of sulfonamides is 1. The van der Waals surface area contributed by atoms with E-state index < -0.39 is 16.0 Å². The van der Waals surface area contributed by atoms with Gasteiger partial charge in [0.05, 0.1) is 18.1 Å². The quantitative estimate of drug-likeness (QED) is 0.825. The Morgan fingerprint density at radius 1 is 1.61 bits per heavy atom. The van der Waals surface area contributed by atoms with Crippen molar-refractivity contribution in [2.45, 2.75) is 24.3 Å². The fourth-order valence-corrected chi connectivity index (χ4v) is 3.69. The SMILES string of the molecule is Cc1sc(C(=O)OC2CCOC2)cc1S(N)(=O)=O. The van der Waals surface area contributed by atoms with Crippen LogP contribution in [0.25, 0.3) is 0 Å². The summed E-state index contributed by atoms with van der Waals surface area (Å²) in [6.45, 7) is 2.56. The molecule has 6 nitrogen and oxygen atoms in total. The maximum Gasteiger partial charge on any atom is 0.348 e. The van der Waals surface area contributed by atoms with Crippen LogP contribution in [0, 0.1) is 6.92 Å². The molecule has 0 saturated carbocycles. The molecule has 0 aromatic carbocycles. The van der Waals surface area contributed by atoms with Crippen molar-refractivity contribution in [3.8, 4) is 0 Å². The van der Waals surface area contributed by atoms with Gasteiger partial charge in [-0.05, 0) is 13.0 Å². The van der Waals surface area contributed by atoms with Gasteiger partial charge in [-0.25, -0.2) is 18.4 Å². The third-order valence-corrected chi connectivity index (χ3v) is 4.74. The molecule has 1 atom stereocenters. The van der Waals surface area contributed by atoms with Gasteiger partial charge in [0.25, 0.3) is 0 Å². The van der Waals surface area contributed by atoms with Gasteiger partial charge in [0, 0.05) is 11.3 Å². The van der Waals surface area contributed by atoms with Crippen LogP contribution >= 0.6 is 11.3 Å². The average Bonchev–Trinajstić information content (AvgIpc) is 2.85. The predicted octanol–water partition coefficient (Wildman–Crippen LogP) is 0.650. The molecule has 1 aliphatic heterocycles. The first-order chi connectivity index (χ1) is 8.38. The summed E-state index contributed by atoms with van der Waals surface area (Å²) in [4.78, 5) is 12.5. The predicted molar refractivity (Wildman–Crippen MR) is 65.1 cm³/mol. The van der Waals surface area contributed by atoms with E-state index >= 15 is 0 Å². The van der Waals surface area contributed by atoms with E-state index in [-0.39, 0.29) is 15.9 Å². The molecule has 2 rings (SSSR count). The molecule has 18 heavy (non-hydrogen) atoms. The van der Waals surface area contributed by atoms with Crippen molar-refractivity contribution < 1.29 is 22.7 Å². The lowest BCUT2D eigenvalue weighted by Gasteiger charge is -2.08. The number of thiophene rings is 1. The number of ether oxygens (including phenoxy) is 2. The van der Waals surface area contributed by atoms with Crippen LogP contribution in [0.4, 0.5) is 0 Å². The molecule has 1 saturated heterocycles. The minimum absolute atomic E-state index is 0.0258. The van der Waals surface area contributed by atoms with Crippen molar-refractivity contribution in [1.29, 1.82) is 0 Å². The molecule has 1 aliphatic rings. The lowest BCUT2D eigenvalue weighted by molar-refractivity contribution is 0.0276. The number of primary sulfonamides is 1. The Hall–Kier alpha value is -0.960. The average molecular weight is 291 g/mol. The smallest absolute Gasteiger partial charge is 0.348 e. The number of hydrogen-bond acceptors (Lipinski definition) is 6. The Kier molecular flexibility index (Phi) is 3.71. The zero-order valence-electron chi connectivity index (χ0n) is 9.71. The number of nitrogens with two attached hydrogens (primary N) is 1. The van der Waals surface area contributed by atoms with Crippen molar-refractivity contribution >= 4 is 27.3 Å². The molecule has 2 N–H and O–H groups in total. The van der Waals surface area contributed by atoms with Gasteiger partial charge in [0.1, 0.15) is 11.0 Å². The molecule has 0 amide bonds. The molecule has 1 aromatic heterocycles. The van der Waals surface area contributed by atoms with Crippen LogP contribution in [-0.4, -0.2) is 33.7 Å². The highest BCUT2D eigenvalue weighted by molar-refractivity contribution is 7.89.